The van der Waals surface area contributed by atoms with Crippen LogP contribution in [0.1, 0.15) is 43.9 Å². The molecule has 0 saturated carbocycles. The van der Waals surface area contributed by atoms with Gasteiger partial charge in [0.2, 0.25) is 11.8 Å². The van der Waals surface area contributed by atoms with Crippen LogP contribution in [0.4, 0.5) is 5.69 Å². The van der Waals surface area contributed by atoms with Gasteiger partial charge in [-0.15, -0.1) is 0 Å². The van der Waals surface area contributed by atoms with Crippen molar-refractivity contribution < 1.29 is 18.0 Å². The van der Waals surface area contributed by atoms with Crippen LogP contribution in [0.3, 0.4) is 0 Å². The second kappa shape index (κ2) is 13.1. The minimum absolute atomic E-state index is 0.0413. The summed E-state index contributed by atoms with van der Waals surface area (Å²) in [5.74, 6) is -0.851. The molecule has 0 saturated heterocycles. The fourth-order valence-corrected chi connectivity index (χ4v) is 5.79. The van der Waals surface area contributed by atoms with Crippen LogP contribution in [0.2, 0.25) is 5.02 Å². The molecule has 0 unspecified atom stereocenters. The molecular formula is C30H36ClN3O4S. The van der Waals surface area contributed by atoms with Crippen LogP contribution in [-0.2, 0) is 26.2 Å². The highest BCUT2D eigenvalue weighted by molar-refractivity contribution is 7.92. The Hall–Kier alpha value is -3.36. The highest BCUT2D eigenvalue weighted by Crippen LogP contribution is 2.29. The SMILES string of the molecule is CC[C@@H](C)NC(=O)[C@@H](C)N(Cc1ccccc1Cl)C(=O)CN(c1cccc(C)c1C)S(=O)(=O)c1ccccc1. The lowest BCUT2D eigenvalue weighted by atomic mass is 10.1. The molecule has 1 N–H and O–H groups in total. The van der Waals surface area contributed by atoms with Crippen molar-refractivity contribution in [1.82, 2.24) is 10.2 Å². The van der Waals surface area contributed by atoms with E-state index in [4.69, 9.17) is 11.6 Å². The van der Waals surface area contributed by atoms with Gasteiger partial charge in [-0.1, -0.05) is 67.1 Å². The van der Waals surface area contributed by atoms with E-state index in [-0.39, 0.29) is 23.4 Å². The molecule has 0 radical (unpaired) electrons. The van der Waals surface area contributed by atoms with E-state index in [2.05, 4.69) is 5.32 Å². The topological polar surface area (TPSA) is 86.8 Å². The fraction of sp³-hybridized carbons (Fsp3) is 0.333. The van der Waals surface area contributed by atoms with Gasteiger partial charge in [0.15, 0.2) is 0 Å². The van der Waals surface area contributed by atoms with Crippen LogP contribution in [0.25, 0.3) is 0 Å². The Balaban J connectivity index is 2.07. The Bertz CT molecular complexity index is 1410. The van der Waals surface area contributed by atoms with E-state index in [0.29, 0.717) is 16.3 Å². The minimum Gasteiger partial charge on any atom is -0.352 e. The second-order valence-corrected chi connectivity index (χ2v) is 11.9. The lowest BCUT2D eigenvalue weighted by Gasteiger charge is -2.33. The van der Waals surface area contributed by atoms with Crippen molar-refractivity contribution in [1.29, 1.82) is 0 Å². The third-order valence-corrected chi connectivity index (χ3v) is 9.06. The average molecular weight is 570 g/mol. The van der Waals surface area contributed by atoms with Gasteiger partial charge in [-0.3, -0.25) is 13.9 Å². The van der Waals surface area contributed by atoms with Gasteiger partial charge in [-0.05, 0) is 75.1 Å². The zero-order chi connectivity index (χ0) is 28.7. The summed E-state index contributed by atoms with van der Waals surface area (Å²) >= 11 is 6.41. The molecule has 39 heavy (non-hydrogen) atoms. The number of rotatable bonds is 11. The summed E-state index contributed by atoms with van der Waals surface area (Å²) in [6.45, 7) is 8.75. The van der Waals surface area contributed by atoms with E-state index >= 15 is 0 Å². The quantitative estimate of drug-likeness (QED) is 0.331. The molecule has 0 aliphatic carbocycles. The molecule has 0 heterocycles. The molecule has 0 aliphatic heterocycles. The van der Waals surface area contributed by atoms with Gasteiger partial charge in [0.05, 0.1) is 10.6 Å². The smallest absolute Gasteiger partial charge is 0.264 e. The van der Waals surface area contributed by atoms with Crippen LogP contribution < -0.4 is 9.62 Å². The molecule has 3 rings (SSSR count). The summed E-state index contributed by atoms with van der Waals surface area (Å²) in [7, 11) is -4.11. The molecule has 0 aliphatic rings. The van der Waals surface area contributed by atoms with Gasteiger partial charge in [-0.2, -0.15) is 0 Å². The van der Waals surface area contributed by atoms with Crippen molar-refractivity contribution in [3.63, 3.8) is 0 Å². The number of sulfonamides is 1. The lowest BCUT2D eigenvalue weighted by molar-refractivity contribution is -0.139. The van der Waals surface area contributed by atoms with Crippen molar-refractivity contribution in [3.8, 4) is 0 Å². The number of nitrogens with one attached hydrogen (secondary N) is 1. The molecule has 2 amide bonds. The molecule has 0 aromatic heterocycles. The van der Waals surface area contributed by atoms with E-state index in [9.17, 15) is 18.0 Å². The Kier molecular flexibility index (Phi) is 10.2. The zero-order valence-corrected chi connectivity index (χ0v) is 24.6. The van der Waals surface area contributed by atoms with Crippen LogP contribution in [-0.4, -0.2) is 43.8 Å². The highest BCUT2D eigenvalue weighted by Gasteiger charge is 2.33. The summed E-state index contributed by atoms with van der Waals surface area (Å²) in [5.41, 5.74) is 2.69. The monoisotopic (exact) mass is 569 g/mol. The predicted octanol–water partition coefficient (Wildman–Crippen LogP) is 5.48. The van der Waals surface area contributed by atoms with E-state index in [0.717, 1.165) is 21.9 Å². The van der Waals surface area contributed by atoms with Crippen LogP contribution in [0, 0.1) is 13.8 Å². The molecule has 0 bridgehead atoms. The third kappa shape index (κ3) is 7.19. The van der Waals surface area contributed by atoms with E-state index in [1.54, 1.807) is 61.5 Å². The number of hydrogen-bond donors (Lipinski definition) is 1. The predicted molar refractivity (Wildman–Crippen MR) is 156 cm³/mol. The summed E-state index contributed by atoms with van der Waals surface area (Å²) in [6, 6.07) is 19.5. The fourth-order valence-electron chi connectivity index (χ4n) is 4.10. The summed E-state index contributed by atoms with van der Waals surface area (Å²) in [4.78, 5) is 28.6. The molecule has 3 aromatic rings. The first-order chi connectivity index (χ1) is 18.5. The van der Waals surface area contributed by atoms with Gasteiger partial charge in [0.1, 0.15) is 12.6 Å². The number of benzene rings is 3. The van der Waals surface area contributed by atoms with Crippen LogP contribution in [0.5, 0.6) is 0 Å². The Morgan fingerprint density at radius 2 is 1.56 bits per heavy atom. The largest absolute Gasteiger partial charge is 0.352 e. The number of anilines is 1. The summed E-state index contributed by atoms with van der Waals surface area (Å²) in [6.07, 6.45) is 0.729. The Morgan fingerprint density at radius 1 is 0.923 bits per heavy atom. The molecule has 3 aromatic carbocycles. The number of hydrogen-bond acceptors (Lipinski definition) is 4. The highest BCUT2D eigenvalue weighted by atomic mass is 35.5. The average Bonchev–Trinajstić information content (AvgIpc) is 2.92. The first-order valence-corrected chi connectivity index (χ1v) is 14.8. The minimum atomic E-state index is -4.11. The molecule has 208 valence electrons. The van der Waals surface area contributed by atoms with Crippen molar-refractivity contribution in [2.24, 2.45) is 0 Å². The molecule has 7 nitrogen and oxygen atoms in total. The van der Waals surface area contributed by atoms with Gasteiger partial charge in [0.25, 0.3) is 10.0 Å². The van der Waals surface area contributed by atoms with E-state index in [1.165, 1.54) is 17.0 Å². The number of carbonyl (C=O) groups is 2. The number of amides is 2. The van der Waals surface area contributed by atoms with Gasteiger partial charge < -0.3 is 10.2 Å². The molecule has 9 heteroatoms. The zero-order valence-electron chi connectivity index (χ0n) is 23.0. The third-order valence-electron chi connectivity index (χ3n) is 6.92. The van der Waals surface area contributed by atoms with Crippen molar-refractivity contribution in [3.05, 3.63) is 94.5 Å². The van der Waals surface area contributed by atoms with Crippen LogP contribution >= 0.6 is 11.6 Å². The maximum atomic E-state index is 14.0. The van der Waals surface area contributed by atoms with Gasteiger partial charge in [-0.25, -0.2) is 8.42 Å². The normalized spacial score (nSPS) is 12.9. The number of aryl methyl sites for hydroxylation is 1. The van der Waals surface area contributed by atoms with Crippen molar-refractivity contribution in [2.45, 2.75) is 64.6 Å². The van der Waals surface area contributed by atoms with E-state index < -0.39 is 28.5 Å². The lowest BCUT2D eigenvalue weighted by Crippen LogP contribution is -2.52. The van der Waals surface area contributed by atoms with Gasteiger partial charge >= 0.3 is 0 Å². The molecule has 0 spiro atoms. The number of halogens is 1. The second-order valence-electron chi connectivity index (χ2n) is 9.65. The maximum Gasteiger partial charge on any atom is 0.264 e. The standard InChI is InChI=1S/C30H36ClN3O4S/c1-6-22(3)32-30(36)24(5)33(19-25-14-10-11-17-27(25)31)29(35)20-34(28-18-12-13-21(2)23(28)4)39(37,38)26-15-8-7-9-16-26/h7-18,22,24H,6,19-20H2,1-5H3,(H,32,36)/t22-,24-/m1/s1. The first-order valence-electron chi connectivity index (χ1n) is 12.9. The Morgan fingerprint density at radius 3 is 2.21 bits per heavy atom. The van der Waals surface area contributed by atoms with Crippen molar-refractivity contribution >= 4 is 39.1 Å². The van der Waals surface area contributed by atoms with E-state index in [1.807, 2.05) is 33.8 Å². The van der Waals surface area contributed by atoms with Gasteiger partial charge in [0, 0.05) is 17.6 Å². The number of nitrogens with zero attached hydrogens (tertiary/aromatic N) is 2. The van der Waals surface area contributed by atoms with Crippen LogP contribution in [0.15, 0.2) is 77.7 Å². The maximum absolute atomic E-state index is 14.0. The molecular weight excluding hydrogens is 534 g/mol. The summed E-state index contributed by atoms with van der Waals surface area (Å²) < 4.78 is 29.0. The molecule has 0 fully saturated rings. The first kappa shape index (κ1) is 30.2. The molecule has 2 atom stereocenters. The summed E-state index contributed by atoms with van der Waals surface area (Å²) in [5, 5.41) is 3.38. The number of carbonyl (C=O) groups excluding carboxylic acids is 2. The Labute approximate surface area is 236 Å². The van der Waals surface area contributed by atoms with Crippen molar-refractivity contribution in [2.75, 3.05) is 10.8 Å².